The van der Waals surface area contributed by atoms with Crippen LogP contribution in [0.1, 0.15) is 29.4 Å². The first-order valence-corrected chi connectivity index (χ1v) is 8.52. The van der Waals surface area contributed by atoms with Gasteiger partial charge in [-0.25, -0.2) is 4.98 Å². The maximum atomic E-state index is 12.7. The highest BCUT2D eigenvalue weighted by atomic mass is 16.4. The first-order valence-electron chi connectivity index (χ1n) is 8.52. The molecule has 2 heterocycles. The third-order valence-electron chi connectivity index (χ3n) is 4.09. The number of nitrogens with one attached hydrogen (secondary N) is 2. The first-order chi connectivity index (χ1) is 12.6. The summed E-state index contributed by atoms with van der Waals surface area (Å²) >= 11 is 0. The van der Waals surface area contributed by atoms with Gasteiger partial charge in [0.15, 0.2) is 0 Å². The molecule has 0 aliphatic carbocycles. The molecule has 3 rings (SSSR count). The predicted octanol–water partition coefficient (Wildman–Crippen LogP) is 0.688. The Morgan fingerprint density at radius 3 is 2.77 bits per heavy atom. The van der Waals surface area contributed by atoms with Gasteiger partial charge in [-0.3, -0.25) is 14.6 Å². The SMILES string of the molecule is CC1CC(NC(=O)C(Cc2ccccc2)NC(=O)c2cnccn2)[B]O1. The quantitative estimate of drug-likeness (QED) is 0.747. The summed E-state index contributed by atoms with van der Waals surface area (Å²) in [6.07, 6.45) is 5.45. The second kappa shape index (κ2) is 8.58. The molecule has 0 bridgehead atoms. The minimum Gasteiger partial charge on any atom is -0.436 e. The summed E-state index contributed by atoms with van der Waals surface area (Å²) in [5, 5.41) is 5.67. The zero-order chi connectivity index (χ0) is 18.4. The van der Waals surface area contributed by atoms with Crippen molar-refractivity contribution in [2.45, 2.75) is 37.9 Å². The zero-order valence-electron chi connectivity index (χ0n) is 14.5. The number of carbonyl (C=O) groups excluding carboxylic acids is 2. The molecule has 2 N–H and O–H groups in total. The highest BCUT2D eigenvalue weighted by Crippen LogP contribution is 2.11. The van der Waals surface area contributed by atoms with Crippen LogP contribution >= 0.6 is 0 Å². The second-order valence-corrected chi connectivity index (χ2v) is 6.24. The van der Waals surface area contributed by atoms with Crippen LogP contribution in [-0.4, -0.2) is 47.4 Å². The van der Waals surface area contributed by atoms with Crippen LogP contribution in [0.2, 0.25) is 0 Å². The Labute approximate surface area is 152 Å². The molecule has 7 nitrogen and oxygen atoms in total. The third kappa shape index (κ3) is 4.89. The summed E-state index contributed by atoms with van der Waals surface area (Å²) < 4.78 is 5.37. The lowest BCUT2D eigenvalue weighted by atomic mass is 9.88. The van der Waals surface area contributed by atoms with Gasteiger partial charge in [0.25, 0.3) is 5.91 Å². The highest BCUT2D eigenvalue weighted by Gasteiger charge is 2.29. The number of hydrogen-bond acceptors (Lipinski definition) is 5. The van der Waals surface area contributed by atoms with Gasteiger partial charge in [-0.15, -0.1) is 0 Å². The topological polar surface area (TPSA) is 93.2 Å². The first kappa shape index (κ1) is 18.1. The van der Waals surface area contributed by atoms with Crippen LogP contribution in [0.15, 0.2) is 48.9 Å². The Bertz CT molecular complexity index is 745. The third-order valence-corrected chi connectivity index (χ3v) is 4.09. The van der Waals surface area contributed by atoms with E-state index in [1.807, 2.05) is 37.3 Å². The van der Waals surface area contributed by atoms with Gasteiger partial charge in [0.1, 0.15) is 11.7 Å². The molecule has 2 aromatic rings. The number of rotatable bonds is 6. The summed E-state index contributed by atoms with van der Waals surface area (Å²) in [5.41, 5.74) is 1.12. The predicted molar refractivity (Wildman–Crippen MR) is 96.3 cm³/mol. The van der Waals surface area contributed by atoms with E-state index in [0.29, 0.717) is 12.8 Å². The molecule has 0 spiro atoms. The largest absolute Gasteiger partial charge is 0.436 e. The van der Waals surface area contributed by atoms with E-state index < -0.39 is 11.9 Å². The van der Waals surface area contributed by atoms with E-state index >= 15 is 0 Å². The van der Waals surface area contributed by atoms with Crippen molar-refractivity contribution in [3.8, 4) is 0 Å². The Morgan fingerprint density at radius 2 is 2.12 bits per heavy atom. The van der Waals surface area contributed by atoms with Crippen molar-refractivity contribution in [2.24, 2.45) is 0 Å². The molecule has 3 atom stereocenters. The molecule has 1 saturated heterocycles. The molecule has 2 amide bonds. The van der Waals surface area contributed by atoms with E-state index in [-0.39, 0.29) is 23.6 Å². The average molecular weight is 351 g/mol. The number of hydrogen-bond donors (Lipinski definition) is 2. The fourth-order valence-electron chi connectivity index (χ4n) is 2.78. The maximum Gasteiger partial charge on any atom is 0.317 e. The molecule has 1 aromatic heterocycles. The van der Waals surface area contributed by atoms with E-state index in [1.165, 1.54) is 18.6 Å². The lowest BCUT2D eigenvalue weighted by molar-refractivity contribution is -0.123. The van der Waals surface area contributed by atoms with Crippen molar-refractivity contribution in [1.82, 2.24) is 20.6 Å². The number of aromatic nitrogens is 2. The van der Waals surface area contributed by atoms with Crippen LogP contribution in [0.25, 0.3) is 0 Å². The van der Waals surface area contributed by atoms with Gasteiger partial charge >= 0.3 is 7.48 Å². The summed E-state index contributed by atoms with van der Waals surface area (Å²) in [7, 11) is 1.63. The number of amides is 2. The molecule has 1 fully saturated rings. The van der Waals surface area contributed by atoms with Crippen LogP contribution in [0.3, 0.4) is 0 Å². The van der Waals surface area contributed by atoms with E-state index in [0.717, 1.165) is 5.56 Å². The van der Waals surface area contributed by atoms with Crippen LogP contribution in [0.4, 0.5) is 0 Å². The molecule has 8 heteroatoms. The highest BCUT2D eigenvalue weighted by molar-refractivity contribution is 6.31. The van der Waals surface area contributed by atoms with Gasteiger partial charge in [-0.05, 0) is 18.9 Å². The summed E-state index contributed by atoms with van der Waals surface area (Å²) in [5.74, 6) is -0.858. The molecule has 3 unspecified atom stereocenters. The van der Waals surface area contributed by atoms with Gasteiger partial charge in [-0.1, -0.05) is 30.3 Å². The molecule has 26 heavy (non-hydrogen) atoms. The van der Waals surface area contributed by atoms with Gasteiger partial charge in [0.05, 0.1) is 6.20 Å². The van der Waals surface area contributed by atoms with Crippen LogP contribution in [0, 0.1) is 0 Å². The van der Waals surface area contributed by atoms with Gasteiger partial charge in [0.2, 0.25) is 5.91 Å². The molecule has 1 radical (unpaired) electrons. The second-order valence-electron chi connectivity index (χ2n) is 6.24. The number of carbonyl (C=O) groups is 2. The minimum atomic E-state index is -0.726. The standard InChI is InChI=1S/C18H20BN4O3/c1-12-9-16(19-26-12)23-17(24)14(10-13-5-3-2-4-6-13)22-18(25)15-11-20-7-8-21-15/h2-8,11-12,14,16H,9-10H2,1H3,(H,22,25)(H,23,24). The minimum absolute atomic E-state index is 0.0713. The Balaban J connectivity index is 1.70. The zero-order valence-corrected chi connectivity index (χ0v) is 14.5. The summed E-state index contributed by atoms with van der Waals surface area (Å²) in [6.45, 7) is 1.94. The van der Waals surface area contributed by atoms with Crippen molar-refractivity contribution in [3.05, 3.63) is 60.2 Å². The molecule has 1 aliphatic heterocycles. The van der Waals surface area contributed by atoms with E-state index in [1.54, 1.807) is 7.48 Å². The van der Waals surface area contributed by atoms with E-state index in [2.05, 4.69) is 20.6 Å². The smallest absolute Gasteiger partial charge is 0.317 e. The van der Waals surface area contributed by atoms with Gasteiger partial charge < -0.3 is 15.3 Å². The van der Waals surface area contributed by atoms with Crippen molar-refractivity contribution >= 4 is 19.3 Å². The maximum absolute atomic E-state index is 12.7. The van der Waals surface area contributed by atoms with Crippen molar-refractivity contribution < 1.29 is 14.2 Å². The van der Waals surface area contributed by atoms with Crippen molar-refractivity contribution in [1.29, 1.82) is 0 Å². The molecule has 1 aliphatic rings. The average Bonchev–Trinajstić information content (AvgIpc) is 3.07. The van der Waals surface area contributed by atoms with Crippen molar-refractivity contribution in [2.75, 3.05) is 0 Å². The Kier molecular flexibility index (Phi) is 5.96. The van der Waals surface area contributed by atoms with Crippen molar-refractivity contribution in [3.63, 3.8) is 0 Å². The van der Waals surface area contributed by atoms with Gasteiger partial charge in [0, 0.05) is 30.9 Å². The molecular weight excluding hydrogens is 331 g/mol. The van der Waals surface area contributed by atoms with E-state index in [9.17, 15) is 9.59 Å². The molecule has 1 aromatic carbocycles. The summed E-state index contributed by atoms with van der Waals surface area (Å²) in [6, 6.07) is 8.81. The fourth-order valence-corrected chi connectivity index (χ4v) is 2.78. The van der Waals surface area contributed by atoms with Crippen LogP contribution in [0.5, 0.6) is 0 Å². The lowest BCUT2D eigenvalue weighted by Crippen LogP contribution is -2.51. The van der Waals surface area contributed by atoms with E-state index in [4.69, 9.17) is 4.65 Å². The Morgan fingerprint density at radius 1 is 1.31 bits per heavy atom. The molecule has 133 valence electrons. The van der Waals surface area contributed by atoms with Crippen LogP contribution < -0.4 is 10.6 Å². The molecule has 0 saturated carbocycles. The fraction of sp³-hybridized carbons (Fsp3) is 0.333. The summed E-state index contributed by atoms with van der Waals surface area (Å²) in [4.78, 5) is 33.0. The molecular formula is C18H20BN4O3. The van der Waals surface area contributed by atoms with Gasteiger partial charge in [-0.2, -0.15) is 0 Å². The monoisotopic (exact) mass is 351 g/mol. The lowest BCUT2D eigenvalue weighted by Gasteiger charge is -2.20. The number of nitrogens with zero attached hydrogens (tertiary/aromatic N) is 2. The Hall–Kier alpha value is -2.74. The van der Waals surface area contributed by atoms with Crippen LogP contribution in [-0.2, 0) is 15.9 Å². The normalized spacial score (nSPS) is 20.0. The number of benzene rings is 1.